The van der Waals surface area contributed by atoms with Gasteiger partial charge < -0.3 is 40.7 Å². The van der Waals surface area contributed by atoms with Crippen molar-refractivity contribution in [2.75, 3.05) is 22.6 Å². The normalized spacial score (nSPS) is 13.0. The molecule has 705 valence electrons. The van der Waals surface area contributed by atoms with Gasteiger partial charge in [-0.1, -0.05) is 283 Å². The second-order valence-corrected chi connectivity index (χ2v) is 62.1. The molecule has 13 heterocycles. The van der Waals surface area contributed by atoms with E-state index < -0.39 is 31.6 Å². The van der Waals surface area contributed by atoms with Crippen LogP contribution >= 0.6 is 138 Å². The first-order chi connectivity index (χ1) is 66.5. The molecule has 141 heavy (non-hydrogen) atoms. The van der Waals surface area contributed by atoms with Crippen LogP contribution in [0.5, 0.6) is 0 Å². The van der Waals surface area contributed by atoms with Gasteiger partial charge in [0.1, 0.15) is 61.1 Å². The topological polar surface area (TPSA) is 155 Å². The average Bonchev–Trinajstić information content (AvgIpc) is 1.65. The monoisotopic (exact) mass is 2360 g/mol. The van der Waals surface area contributed by atoms with Crippen LogP contribution in [0.1, 0.15) is 44.9 Å². The predicted octanol–water partition coefficient (Wildman–Crippen LogP) is 24.7. The average molecular weight is 2370 g/mol. The predicted molar refractivity (Wildman–Crippen MR) is 632 cm³/mol. The number of carbonyl (C=O) groups excluding carboxylic acids is 1. The van der Waals surface area contributed by atoms with Crippen molar-refractivity contribution in [3.8, 4) is 0 Å². The Morgan fingerprint density at radius 2 is 0.844 bits per heavy atom. The van der Waals surface area contributed by atoms with Gasteiger partial charge in [-0.15, -0.1) is 34.8 Å². The number of thiol groups is 1. The molecular weight excluding hydrogens is 2270 g/mol. The summed E-state index contributed by atoms with van der Waals surface area (Å²) < 4.78 is 19.3. The van der Waals surface area contributed by atoms with E-state index in [4.69, 9.17) is 71.4 Å². The summed E-state index contributed by atoms with van der Waals surface area (Å²) in [6, 6.07) is 91.3. The number of carbonyl (C=O) groups is 1. The molecule has 2 aliphatic rings. The summed E-state index contributed by atoms with van der Waals surface area (Å²) in [5, 5.41) is 26.2. The molecule has 12 aromatic carbocycles. The number of pyridine rings is 6. The summed E-state index contributed by atoms with van der Waals surface area (Å²) in [6.45, 7) is 30.2. The van der Waals surface area contributed by atoms with E-state index in [9.17, 15) is 0 Å². The number of rotatable bonds is 5. The van der Waals surface area contributed by atoms with Crippen molar-refractivity contribution in [1.29, 1.82) is 0 Å². The smallest absolute Gasteiger partial charge is 1.00 e. The molecule has 23 aromatic rings. The largest absolute Gasteiger partial charge is 2.00 e. The van der Waals surface area contributed by atoms with Crippen LogP contribution in [0.3, 0.4) is 0 Å². The molecule has 2 aliphatic heterocycles. The maximum Gasteiger partial charge on any atom is 2.00 e. The number of hydrogen-bond acceptors (Lipinski definition) is 10. The van der Waals surface area contributed by atoms with E-state index in [2.05, 4.69) is 425 Å². The van der Waals surface area contributed by atoms with Gasteiger partial charge in [0, 0.05) is 159 Å². The fourth-order valence-corrected chi connectivity index (χ4v) is 27.7. The molecule has 0 aliphatic carbocycles. The van der Waals surface area contributed by atoms with Crippen LogP contribution in [0, 0.1) is 19.9 Å². The summed E-state index contributed by atoms with van der Waals surface area (Å²) in [5.74, 6) is 0.690. The molecule has 0 bridgehead atoms. The van der Waals surface area contributed by atoms with Gasteiger partial charge in [-0.3, -0.25) is 17.6 Å². The Labute approximate surface area is 928 Å². The van der Waals surface area contributed by atoms with Gasteiger partial charge in [-0.2, -0.15) is 31.3 Å². The number of anilines is 1. The second-order valence-electron chi connectivity index (χ2n) is 35.7. The Bertz CT molecular complexity index is 8520. The molecule has 1 unspecified atom stereocenters. The number of nitrogen functional groups attached to an aromatic ring is 1. The zero-order valence-electron chi connectivity index (χ0n) is 80.1. The molecule has 0 amide bonds. The van der Waals surface area contributed by atoms with E-state index in [-0.39, 0.29) is 60.2 Å². The van der Waals surface area contributed by atoms with Crippen LogP contribution in [0.2, 0.25) is 45.8 Å². The zero-order chi connectivity index (χ0) is 98.2. The van der Waals surface area contributed by atoms with Gasteiger partial charge in [-0.05, 0) is 154 Å². The molecule has 14 nitrogen and oxygen atoms in total. The number of fused-ring (bicyclic) bond motifs is 27. The van der Waals surface area contributed by atoms with Gasteiger partial charge in [-0.25, -0.2) is 29.9 Å². The Hall–Kier alpha value is -8.00. The number of alkyl halides is 3. The Kier molecular flexibility index (Phi) is 38.8. The number of aldehydes is 1. The zero-order valence-corrected chi connectivity index (χ0v) is 98.1. The summed E-state index contributed by atoms with van der Waals surface area (Å²) in [5.41, 5.74) is 22.4. The van der Waals surface area contributed by atoms with Crippen LogP contribution in [0.15, 0.2) is 319 Å². The minimum atomic E-state index is -1.75. The molecule has 0 spiro atoms. The SMILES string of the molecule is Brc1cccc2c3ccccc3c3ncc(Br)n3c12.Brc1cccc2c3ccccc3c3nccn3c12.C[CH-]C.C[Si](C)(CCl)c1cnc2c3ccccc3c3cccc(Br)c3n12.C[Si](C)(Cl)CCl.C[Si]1(C)Cc2cccc3c4ccccc4c4ncc1n4c23.Nc1nc2c(Br)cccc2c2ccccc12.O=CCCl.[B]=NS.[CH2+][Si]1(C)Cc2cnc3c4ccccc4c4cccc1c4n23.[CH2-]CCC.[Cl-].[Li+].[Mg+2]. The third kappa shape index (κ3) is 22.9. The molecule has 2 N–H and O–H groups in total. The standard InChI is InChI=1S/C18H16BrClN2Si.C18H16N2Si.C18H15N2Si.C15H8Br2N2.C15H9BrN2.C13H9BrN2.C4H9.C3H8Cl2Si.C3H7.C2H3ClO.BHNS.ClH.Li.Mg/c1-23(2,11-20)16-10-21-18-14-7-4-3-6-12(14)13-8-5-9-15(19)17(13)22(16)18;1-21(2)11-12-6-5-9-14-13-7-3-4-8-15(13)18-19-10-16(21)20(18)17(12)14;1-21(2)11-12-10-19-18-15-7-4-3-6-13(15)14-8-5-9-16(21)17(14)20(12)18;16-12-7-3-6-10-9-4-1-2-5-11(9)15-18-8-13(17)19(15)14(10)12;16-13-7-3-6-11-10-4-1-2-5-12(10)15-17-8-9-18(15)14(11)13;14-11-7-3-6-9-8-4-1-2-5-10(8)13(15)16-12(9)11;1-3-4-2;1-6(2,5)3-4;1-3-2;3-1-2-4;1-2-3;;;/h3-10H,11H2,1-2H3;3-10H,11H2,1-2H3;3-10H,1,11H2,2H3;1-8H;1-9H;1-7H,(H2,15,16);1,3-4H2,2H3;3H2,1-2H3;3H,1-2H3;2H,1H2;3H;1H;;/q;;+1;;;;-1;;-1;;;;+1;+2/p-1. The summed E-state index contributed by atoms with van der Waals surface area (Å²) in [7, 11) is -1.94. The molecule has 0 saturated carbocycles. The third-order valence-electron chi connectivity index (χ3n) is 24.3. The molecule has 1 radical (unpaired) electrons. The minimum Gasteiger partial charge on any atom is -1.00 e. The van der Waals surface area contributed by atoms with Gasteiger partial charge >= 0.3 is 74.7 Å². The maximum atomic E-state index is 9.04. The van der Waals surface area contributed by atoms with Gasteiger partial charge in [0.25, 0.3) is 0 Å². The summed E-state index contributed by atoms with van der Waals surface area (Å²) >= 11 is 43.6. The van der Waals surface area contributed by atoms with Crippen LogP contribution in [-0.4, -0.2) is 137 Å². The number of nitrogens with zero attached hydrogens (tertiary/aromatic N) is 12. The van der Waals surface area contributed by atoms with Crippen LogP contribution in [0.4, 0.5) is 5.82 Å². The number of nitrogens with two attached hydrogens (primary N) is 1. The van der Waals surface area contributed by atoms with Crippen molar-refractivity contribution in [3.63, 3.8) is 0 Å². The quantitative estimate of drug-likeness (QED) is 0.0328. The fraction of sp³-hybridized carbons (Fsp3) is 0.156. The van der Waals surface area contributed by atoms with Crippen molar-refractivity contribution in [2.45, 2.75) is 91.5 Å². The Morgan fingerprint density at radius 1 is 0.489 bits per heavy atom. The van der Waals surface area contributed by atoms with E-state index in [0.717, 1.165) is 90.4 Å². The van der Waals surface area contributed by atoms with Crippen LogP contribution in [0.25, 0.3) is 158 Å². The molecule has 1 atom stereocenters. The van der Waals surface area contributed by atoms with Crippen molar-refractivity contribution < 1.29 is 36.1 Å². The van der Waals surface area contributed by atoms with Gasteiger partial charge in [0.15, 0.2) is 7.38 Å². The molecular formula is C109H101BBr5Cl5LiMgN13OSSi4+. The number of halogens is 10. The maximum absolute atomic E-state index is 9.04. The van der Waals surface area contributed by atoms with Crippen molar-refractivity contribution in [2.24, 2.45) is 4.30 Å². The fourth-order valence-electron chi connectivity index (χ4n) is 18.1. The first kappa shape index (κ1) is 112. The van der Waals surface area contributed by atoms with Gasteiger partial charge in [0.2, 0.25) is 0 Å². The number of unbranched alkanes of at least 4 members (excludes halogenated alkanes) is 1. The van der Waals surface area contributed by atoms with E-state index in [0.29, 0.717) is 23.1 Å². The van der Waals surface area contributed by atoms with Crippen molar-refractivity contribution in [1.82, 2.24) is 51.9 Å². The molecule has 0 saturated heterocycles. The Morgan fingerprint density at radius 3 is 1.31 bits per heavy atom. The third-order valence-corrected chi connectivity index (χ3v) is 41.2. The summed E-state index contributed by atoms with van der Waals surface area (Å²) in [6.07, 6.45) is 16.8. The van der Waals surface area contributed by atoms with E-state index >= 15 is 0 Å². The van der Waals surface area contributed by atoms with Gasteiger partial charge in [0.05, 0.1) is 45.2 Å². The van der Waals surface area contributed by atoms with E-state index in [1.165, 1.54) is 142 Å². The number of hydrogen-bond donors (Lipinski definition) is 2. The number of para-hydroxylation sites is 6. The number of imidazole rings is 5. The molecule has 32 heteroatoms. The summed E-state index contributed by atoms with van der Waals surface area (Å²) in [4.78, 5) is 36.8. The van der Waals surface area contributed by atoms with Crippen molar-refractivity contribution >= 4 is 387 Å². The number of benzene rings is 12. The van der Waals surface area contributed by atoms with Crippen LogP contribution in [-0.2, 0) is 16.9 Å². The molecule has 25 rings (SSSR count). The number of aromatic nitrogens is 11. The first-order valence-electron chi connectivity index (χ1n) is 45.1. The second kappa shape index (κ2) is 49.0. The van der Waals surface area contributed by atoms with Crippen molar-refractivity contribution in [3.05, 3.63) is 346 Å². The van der Waals surface area contributed by atoms with E-state index in [1.807, 2.05) is 94.7 Å². The first-order valence-corrected chi connectivity index (χ1v) is 64.6. The molecule has 0 fully saturated rings. The molecule has 11 aromatic heterocycles. The Balaban J connectivity index is 0.000000145. The van der Waals surface area contributed by atoms with E-state index in [1.54, 1.807) is 0 Å². The minimum absolute atomic E-state index is 0. The van der Waals surface area contributed by atoms with Crippen LogP contribution < -0.4 is 52.8 Å².